The van der Waals surface area contributed by atoms with Crippen LogP contribution in [0.5, 0.6) is 0 Å². The van der Waals surface area contributed by atoms with Gasteiger partial charge in [-0.15, -0.1) is 0 Å². The average Bonchev–Trinajstić information content (AvgIpc) is 2.49. The number of carbonyl (C=O) groups excluding carboxylic acids is 1. The number of halogens is 1. The number of para-hydroxylation sites is 1. The minimum atomic E-state index is -0.671. The van der Waals surface area contributed by atoms with Gasteiger partial charge in [0.05, 0.1) is 0 Å². The third-order valence-electron chi connectivity index (χ3n) is 1.79. The lowest BCUT2D eigenvalue weighted by Crippen LogP contribution is -1.86. The molecule has 0 N–H and O–H groups in total. The quantitative estimate of drug-likeness (QED) is 0.657. The van der Waals surface area contributed by atoms with Crippen molar-refractivity contribution in [2.75, 3.05) is 0 Å². The Morgan fingerprint density at radius 1 is 1.54 bits per heavy atom. The van der Waals surface area contributed by atoms with Crippen LogP contribution in [0.2, 0.25) is 0 Å². The highest BCUT2D eigenvalue weighted by molar-refractivity contribution is 6.67. The highest BCUT2D eigenvalue weighted by atomic mass is 35.5. The molecule has 2 rings (SSSR count). The van der Waals surface area contributed by atoms with Crippen molar-refractivity contribution in [3.8, 4) is 0 Å². The second-order valence-electron chi connectivity index (χ2n) is 2.71. The maximum atomic E-state index is 10.7. The fraction of sp³-hybridized carbons (Fsp3) is 0.111. The van der Waals surface area contributed by atoms with Crippen LogP contribution in [-0.4, -0.2) is 10.2 Å². The van der Waals surface area contributed by atoms with Gasteiger partial charge in [0.1, 0.15) is 5.52 Å². The maximum absolute atomic E-state index is 10.7. The van der Waals surface area contributed by atoms with Crippen molar-refractivity contribution in [1.29, 1.82) is 0 Å². The van der Waals surface area contributed by atoms with E-state index in [0.717, 1.165) is 5.56 Å². The van der Waals surface area contributed by atoms with Crippen molar-refractivity contribution in [2.45, 2.75) is 6.92 Å². The summed E-state index contributed by atoms with van der Waals surface area (Å²) in [6.45, 7) is 1.90. The maximum Gasteiger partial charge on any atom is 0.307 e. The van der Waals surface area contributed by atoms with Crippen LogP contribution in [0.15, 0.2) is 22.6 Å². The first-order valence-corrected chi connectivity index (χ1v) is 4.12. The molecule has 0 fully saturated rings. The molecule has 0 aliphatic heterocycles. The molecule has 0 saturated carbocycles. The van der Waals surface area contributed by atoms with Gasteiger partial charge in [-0.25, -0.2) is 4.98 Å². The summed E-state index contributed by atoms with van der Waals surface area (Å²) in [6.07, 6.45) is 0. The number of oxazole rings is 1. The van der Waals surface area contributed by atoms with Gasteiger partial charge < -0.3 is 4.42 Å². The van der Waals surface area contributed by atoms with Gasteiger partial charge in [-0.05, 0) is 30.2 Å². The van der Waals surface area contributed by atoms with E-state index in [1.165, 1.54) is 0 Å². The first-order chi connectivity index (χ1) is 6.18. The van der Waals surface area contributed by atoms with Gasteiger partial charge in [-0.3, -0.25) is 4.79 Å². The highest BCUT2D eigenvalue weighted by Crippen LogP contribution is 2.19. The second-order valence-corrected chi connectivity index (χ2v) is 3.06. The van der Waals surface area contributed by atoms with Gasteiger partial charge in [0, 0.05) is 0 Å². The molecule has 1 aromatic carbocycles. The predicted octanol–water partition coefficient (Wildman–Crippen LogP) is 2.52. The first kappa shape index (κ1) is 8.26. The molecule has 0 atom stereocenters. The molecule has 0 radical (unpaired) electrons. The van der Waals surface area contributed by atoms with Crippen LogP contribution in [0.1, 0.15) is 16.2 Å². The van der Waals surface area contributed by atoms with E-state index in [-0.39, 0.29) is 5.89 Å². The molecule has 0 aliphatic rings. The molecule has 1 heterocycles. The van der Waals surface area contributed by atoms with Crippen LogP contribution in [0.3, 0.4) is 0 Å². The molecule has 0 unspecified atom stereocenters. The number of rotatable bonds is 1. The third-order valence-corrected chi connectivity index (χ3v) is 1.95. The van der Waals surface area contributed by atoms with Crippen LogP contribution in [-0.2, 0) is 0 Å². The lowest BCUT2D eigenvalue weighted by Gasteiger charge is -1.88. The predicted molar refractivity (Wildman–Crippen MR) is 48.9 cm³/mol. The molecule has 0 bridgehead atoms. The summed E-state index contributed by atoms with van der Waals surface area (Å²) < 4.78 is 5.12. The van der Waals surface area contributed by atoms with Crippen molar-refractivity contribution in [1.82, 2.24) is 4.98 Å². The van der Waals surface area contributed by atoms with E-state index in [9.17, 15) is 4.79 Å². The Hall–Kier alpha value is -1.35. The Balaban J connectivity index is 2.75. The van der Waals surface area contributed by atoms with E-state index in [1.807, 2.05) is 19.1 Å². The number of hydrogen-bond acceptors (Lipinski definition) is 3. The van der Waals surface area contributed by atoms with Crippen LogP contribution in [0.25, 0.3) is 11.1 Å². The van der Waals surface area contributed by atoms with Crippen LogP contribution >= 0.6 is 11.6 Å². The minimum Gasteiger partial charge on any atom is -0.433 e. The minimum absolute atomic E-state index is 0.0500. The summed E-state index contributed by atoms with van der Waals surface area (Å²) in [5, 5.41) is -0.671. The first-order valence-electron chi connectivity index (χ1n) is 3.74. The number of hydrogen-bond donors (Lipinski definition) is 0. The number of fused-ring (bicyclic) bond motifs is 1. The van der Waals surface area contributed by atoms with Gasteiger partial charge >= 0.3 is 5.24 Å². The van der Waals surface area contributed by atoms with Crippen LogP contribution < -0.4 is 0 Å². The van der Waals surface area contributed by atoms with Crippen molar-refractivity contribution < 1.29 is 9.21 Å². The number of benzene rings is 1. The van der Waals surface area contributed by atoms with E-state index >= 15 is 0 Å². The number of nitrogens with zero attached hydrogens (tertiary/aromatic N) is 1. The molecular formula is C9H6ClNO2. The normalized spacial score (nSPS) is 10.6. The number of aromatic nitrogens is 1. The zero-order valence-corrected chi connectivity index (χ0v) is 7.63. The fourth-order valence-corrected chi connectivity index (χ4v) is 1.25. The summed E-state index contributed by atoms with van der Waals surface area (Å²) >= 11 is 5.23. The van der Waals surface area contributed by atoms with E-state index in [0.29, 0.717) is 11.1 Å². The Bertz CT molecular complexity index is 475. The monoisotopic (exact) mass is 195 g/mol. The van der Waals surface area contributed by atoms with Gasteiger partial charge in [-0.1, -0.05) is 12.1 Å². The zero-order valence-electron chi connectivity index (χ0n) is 6.87. The molecule has 0 saturated heterocycles. The van der Waals surface area contributed by atoms with Gasteiger partial charge in [0.15, 0.2) is 5.58 Å². The van der Waals surface area contributed by atoms with Crippen molar-refractivity contribution in [3.63, 3.8) is 0 Å². The molecule has 2 aromatic rings. The standard InChI is InChI=1S/C9H6ClNO2/c1-5-3-2-4-6-7(5)11-9(13-6)8(10)12/h2-4H,1H3. The van der Waals surface area contributed by atoms with Gasteiger partial charge in [0.2, 0.25) is 0 Å². The van der Waals surface area contributed by atoms with E-state index < -0.39 is 5.24 Å². The second kappa shape index (κ2) is 2.85. The molecule has 4 heteroatoms. The lowest BCUT2D eigenvalue weighted by molar-refractivity contribution is 0.105. The largest absolute Gasteiger partial charge is 0.433 e. The lowest BCUT2D eigenvalue weighted by atomic mass is 10.2. The molecule has 3 nitrogen and oxygen atoms in total. The highest BCUT2D eigenvalue weighted by Gasteiger charge is 2.12. The Labute approximate surface area is 79.3 Å². The van der Waals surface area contributed by atoms with Crippen molar-refractivity contribution in [3.05, 3.63) is 29.7 Å². The average molecular weight is 196 g/mol. The Morgan fingerprint density at radius 3 is 2.92 bits per heavy atom. The van der Waals surface area contributed by atoms with E-state index in [2.05, 4.69) is 4.98 Å². The van der Waals surface area contributed by atoms with Crippen LogP contribution in [0, 0.1) is 6.92 Å². The molecule has 0 amide bonds. The van der Waals surface area contributed by atoms with Gasteiger partial charge in [0.25, 0.3) is 5.89 Å². The number of aryl methyl sites for hydroxylation is 1. The van der Waals surface area contributed by atoms with E-state index in [4.69, 9.17) is 16.0 Å². The topological polar surface area (TPSA) is 43.1 Å². The molecule has 1 aromatic heterocycles. The molecule has 0 spiro atoms. The smallest absolute Gasteiger partial charge is 0.307 e. The van der Waals surface area contributed by atoms with Crippen molar-refractivity contribution >= 4 is 27.9 Å². The van der Waals surface area contributed by atoms with E-state index in [1.54, 1.807) is 6.07 Å². The SMILES string of the molecule is Cc1cccc2oc(C(=O)Cl)nc12. The number of carbonyl (C=O) groups is 1. The zero-order chi connectivity index (χ0) is 9.42. The summed E-state index contributed by atoms with van der Waals surface area (Å²) in [5.41, 5.74) is 2.24. The Kier molecular flexibility index (Phi) is 1.81. The summed E-state index contributed by atoms with van der Waals surface area (Å²) in [7, 11) is 0. The molecular weight excluding hydrogens is 190 g/mol. The van der Waals surface area contributed by atoms with Gasteiger partial charge in [-0.2, -0.15) is 0 Å². The third kappa shape index (κ3) is 1.31. The molecule has 66 valence electrons. The Morgan fingerprint density at radius 2 is 2.31 bits per heavy atom. The molecule has 13 heavy (non-hydrogen) atoms. The summed E-state index contributed by atoms with van der Waals surface area (Å²) in [4.78, 5) is 14.7. The summed E-state index contributed by atoms with van der Waals surface area (Å²) in [6, 6.07) is 5.48. The fourth-order valence-electron chi connectivity index (χ4n) is 1.17. The van der Waals surface area contributed by atoms with Crippen LogP contribution in [0.4, 0.5) is 0 Å². The van der Waals surface area contributed by atoms with Crippen molar-refractivity contribution in [2.24, 2.45) is 0 Å². The summed E-state index contributed by atoms with van der Waals surface area (Å²) in [5.74, 6) is -0.0500. The molecule has 0 aliphatic carbocycles.